The van der Waals surface area contributed by atoms with E-state index in [1.165, 1.54) is 25.0 Å². The first kappa shape index (κ1) is 39.8. The van der Waals surface area contributed by atoms with Gasteiger partial charge >= 0.3 is 0 Å². The number of rotatable bonds is 18. The molecule has 2 aromatic carbocycles. The highest BCUT2D eigenvalue weighted by Gasteiger charge is 2.64. The van der Waals surface area contributed by atoms with Crippen LogP contribution in [-0.2, 0) is 14.3 Å². The average Bonchev–Trinajstić information content (AvgIpc) is 3.72. The Balaban J connectivity index is 1.38. The summed E-state index contributed by atoms with van der Waals surface area (Å²) in [4.78, 5) is 17.4. The number of thioether (sulfide) groups is 1. The maximum absolute atomic E-state index is 11.6. The number of hydrogen-bond acceptors (Lipinski definition) is 11. The van der Waals surface area contributed by atoms with Crippen molar-refractivity contribution in [2.75, 3.05) is 26.4 Å². The van der Waals surface area contributed by atoms with Crippen LogP contribution in [0.3, 0.4) is 0 Å². The summed E-state index contributed by atoms with van der Waals surface area (Å²) in [5, 5.41) is 36.6. The number of nitro benzene ring substituents is 1. The van der Waals surface area contributed by atoms with E-state index in [0.29, 0.717) is 49.2 Å². The molecule has 0 amide bonds. The summed E-state index contributed by atoms with van der Waals surface area (Å²) in [7, 11) is 0. The molecule has 2 N–H and O–H groups in total. The number of non-ortho nitro benzene ring substituents is 1. The molecule has 7 unspecified atom stereocenters. The van der Waals surface area contributed by atoms with Gasteiger partial charge in [-0.2, -0.15) is 0 Å². The molecule has 0 aromatic heterocycles. The van der Waals surface area contributed by atoms with Crippen LogP contribution >= 0.6 is 11.8 Å². The van der Waals surface area contributed by atoms with Gasteiger partial charge in [0.15, 0.2) is 0 Å². The van der Waals surface area contributed by atoms with Gasteiger partial charge in [-0.15, -0.1) is 18.3 Å². The molecule has 1 saturated heterocycles. The highest BCUT2D eigenvalue weighted by Crippen LogP contribution is 2.63. The molecule has 7 rings (SSSR count). The zero-order valence-electron chi connectivity index (χ0n) is 31.7. The third-order valence-corrected chi connectivity index (χ3v) is 13.6. The third-order valence-electron chi connectivity index (χ3n) is 12.0. The largest absolute Gasteiger partial charge is 0.460 e. The Morgan fingerprint density at radius 1 is 1.00 bits per heavy atom. The molecule has 0 bridgehead atoms. The van der Waals surface area contributed by atoms with E-state index < -0.39 is 10.7 Å². The van der Waals surface area contributed by atoms with Crippen molar-refractivity contribution in [2.45, 2.75) is 118 Å². The van der Waals surface area contributed by atoms with Gasteiger partial charge in [0, 0.05) is 48.9 Å². The smallest absolute Gasteiger partial charge is 0.273 e. The van der Waals surface area contributed by atoms with E-state index in [1.807, 2.05) is 30.0 Å². The summed E-state index contributed by atoms with van der Waals surface area (Å²) in [6, 6.07) is 12.1. The fraction of sp³-hybridized carbons (Fsp3) is 0.605. The standard InChI is InChI=1S/C43H56N2O9S/c1-2-23-51-43-39(55-33-15-3-4-16-33)28-37(44-54-40-18-7-10-24-50-40)35-25-29(12-5-8-21-46)34(17-6-9-22-47)41(42(35)43)36-27-32(19-20-38(36)53-43)52-31-14-11-13-30(26-31)45(48)49/h2,11,13-14,19-20,25-27,29,33-34,39-42,46-47H,1,3-10,12,15-18,21-24,28H2. The van der Waals surface area contributed by atoms with Gasteiger partial charge in [0.1, 0.15) is 17.2 Å². The number of unbranched alkanes of at least 4 members (excludes halogenated alkanes) is 2. The Bertz CT molecular complexity index is 1690. The van der Waals surface area contributed by atoms with Crippen molar-refractivity contribution >= 4 is 23.2 Å². The van der Waals surface area contributed by atoms with Crippen LogP contribution in [0.15, 0.2) is 71.9 Å². The Kier molecular flexibility index (Phi) is 13.5. The second-order valence-electron chi connectivity index (χ2n) is 15.5. The predicted octanol–water partition coefficient (Wildman–Crippen LogP) is 9.22. The van der Waals surface area contributed by atoms with E-state index in [9.17, 15) is 20.3 Å². The van der Waals surface area contributed by atoms with Crippen LogP contribution in [0.25, 0.3) is 0 Å². The lowest BCUT2D eigenvalue weighted by molar-refractivity contribution is -0.384. The lowest BCUT2D eigenvalue weighted by Gasteiger charge is -2.58. The maximum atomic E-state index is 11.6. The summed E-state index contributed by atoms with van der Waals surface area (Å²) in [6.45, 7) is 5.29. The number of aliphatic hydroxyl groups is 2. The first-order valence-electron chi connectivity index (χ1n) is 20.4. The maximum Gasteiger partial charge on any atom is 0.273 e. The minimum atomic E-state index is -1.03. The van der Waals surface area contributed by atoms with Crippen molar-refractivity contribution in [1.82, 2.24) is 0 Å². The molecule has 2 aromatic rings. The van der Waals surface area contributed by atoms with Crippen LogP contribution < -0.4 is 9.47 Å². The molecule has 2 saturated carbocycles. The molecule has 12 heteroatoms. The van der Waals surface area contributed by atoms with Crippen molar-refractivity contribution in [3.05, 3.63) is 82.4 Å². The number of aliphatic hydroxyl groups excluding tert-OH is 2. The Labute approximate surface area is 328 Å². The SMILES string of the molecule is C=CCOC12Oc3ccc(Oc4cccc([N+](=O)[O-])c4)cc3C3C(CCCCO)C(CCCCO)C=C(C(=NOC4CCCCO4)CC1SC1CCCC1)C32. The molecule has 2 aliphatic heterocycles. The second-order valence-corrected chi connectivity index (χ2v) is 17.1. The van der Waals surface area contributed by atoms with Crippen molar-refractivity contribution in [3.8, 4) is 17.2 Å². The summed E-state index contributed by atoms with van der Waals surface area (Å²) in [5.41, 5.74) is 2.95. The number of allylic oxidation sites excluding steroid dienone is 1. The summed E-state index contributed by atoms with van der Waals surface area (Å²) >= 11 is 1.97. The van der Waals surface area contributed by atoms with Gasteiger partial charge in [0.2, 0.25) is 12.1 Å². The van der Waals surface area contributed by atoms with Gasteiger partial charge < -0.3 is 34.0 Å². The number of nitro groups is 1. The van der Waals surface area contributed by atoms with Gasteiger partial charge in [0.05, 0.1) is 41.1 Å². The van der Waals surface area contributed by atoms with Crippen LogP contribution in [-0.4, -0.2) is 69.9 Å². The first-order valence-corrected chi connectivity index (χ1v) is 21.3. The van der Waals surface area contributed by atoms with Crippen molar-refractivity contribution in [2.24, 2.45) is 22.9 Å². The molecule has 5 aliphatic rings. The molecule has 298 valence electrons. The number of benzene rings is 2. The molecule has 55 heavy (non-hydrogen) atoms. The lowest BCUT2D eigenvalue weighted by Crippen LogP contribution is -2.64. The Morgan fingerprint density at radius 3 is 2.53 bits per heavy atom. The fourth-order valence-corrected chi connectivity index (χ4v) is 11.3. The molecule has 7 atom stereocenters. The molecule has 3 aliphatic carbocycles. The highest BCUT2D eigenvalue weighted by molar-refractivity contribution is 8.00. The van der Waals surface area contributed by atoms with Gasteiger partial charge in [-0.05, 0) is 93.0 Å². The van der Waals surface area contributed by atoms with E-state index in [2.05, 4.69) is 12.7 Å². The van der Waals surface area contributed by atoms with Gasteiger partial charge in [-0.25, -0.2) is 0 Å². The van der Waals surface area contributed by atoms with E-state index in [-0.39, 0.29) is 54.1 Å². The Hall–Kier alpha value is -3.42. The predicted molar refractivity (Wildman–Crippen MR) is 213 cm³/mol. The zero-order valence-corrected chi connectivity index (χ0v) is 32.5. The molecule has 11 nitrogen and oxygen atoms in total. The summed E-state index contributed by atoms with van der Waals surface area (Å²) < 4.78 is 26.7. The van der Waals surface area contributed by atoms with Gasteiger partial charge in [-0.3, -0.25) is 10.1 Å². The van der Waals surface area contributed by atoms with E-state index in [1.54, 1.807) is 18.2 Å². The van der Waals surface area contributed by atoms with Gasteiger partial charge in [0.25, 0.3) is 5.69 Å². The van der Waals surface area contributed by atoms with Crippen LogP contribution in [0, 0.1) is 27.9 Å². The molecule has 0 radical (unpaired) electrons. The molecule has 2 heterocycles. The number of fused-ring (bicyclic) bond motifs is 2. The molecule has 0 spiro atoms. The van der Waals surface area contributed by atoms with Crippen LogP contribution in [0.1, 0.15) is 101 Å². The fourth-order valence-electron chi connectivity index (χ4n) is 9.48. The molecular weight excluding hydrogens is 721 g/mol. The van der Waals surface area contributed by atoms with Crippen molar-refractivity contribution in [3.63, 3.8) is 0 Å². The number of nitrogens with zero attached hydrogens (tertiary/aromatic N) is 2. The lowest BCUT2D eigenvalue weighted by atomic mass is 9.56. The Morgan fingerprint density at radius 2 is 1.78 bits per heavy atom. The van der Waals surface area contributed by atoms with Crippen molar-refractivity contribution < 1.29 is 38.9 Å². The monoisotopic (exact) mass is 776 g/mol. The number of oxime groups is 1. The second kappa shape index (κ2) is 18.7. The minimum Gasteiger partial charge on any atom is -0.460 e. The highest BCUT2D eigenvalue weighted by atomic mass is 32.2. The van der Waals surface area contributed by atoms with E-state index in [0.717, 1.165) is 80.4 Å². The molecular formula is C43H56N2O9S. The van der Waals surface area contributed by atoms with Crippen molar-refractivity contribution in [1.29, 1.82) is 0 Å². The normalized spacial score (nSPS) is 29.5. The molecule has 3 fully saturated rings. The van der Waals surface area contributed by atoms with E-state index in [4.69, 9.17) is 28.9 Å². The summed E-state index contributed by atoms with van der Waals surface area (Å²) in [6.07, 6.45) is 16.9. The van der Waals surface area contributed by atoms with Gasteiger partial charge in [-0.1, -0.05) is 49.1 Å². The number of ether oxygens (including phenoxy) is 4. The van der Waals surface area contributed by atoms with Crippen LogP contribution in [0.5, 0.6) is 17.2 Å². The van der Waals surface area contributed by atoms with Crippen LogP contribution in [0.4, 0.5) is 5.69 Å². The third kappa shape index (κ3) is 8.94. The quantitative estimate of drug-likeness (QED) is 0.0651. The minimum absolute atomic E-state index is 0.0413. The average molecular weight is 777 g/mol. The zero-order chi connectivity index (χ0) is 38.2. The first-order chi connectivity index (χ1) is 26.9. The number of hydrogen-bond donors (Lipinski definition) is 2. The topological polar surface area (TPSA) is 142 Å². The van der Waals surface area contributed by atoms with E-state index >= 15 is 0 Å². The summed E-state index contributed by atoms with van der Waals surface area (Å²) in [5.74, 6) is 0.627. The van der Waals surface area contributed by atoms with Crippen LogP contribution in [0.2, 0.25) is 0 Å².